The van der Waals surface area contributed by atoms with Gasteiger partial charge in [-0.15, -0.1) is 0 Å². The van der Waals surface area contributed by atoms with Crippen molar-refractivity contribution in [2.24, 2.45) is 0 Å². The molecule has 1 unspecified atom stereocenters. The second-order valence-corrected chi connectivity index (χ2v) is 6.10. The Balaban J connectivity index is 1.94. The highest BCUT2D eigenvalue weighted by molar-refractivity contribution is 5.48. The van der Waals surface area contributed by atoms with Gasteiger partial charge in [0.25, 0.3) is 0 Å². The Labute approximate surface area is 150 Å². The Bertz CT molecular complexity index is 647. The summed E-state index contributed by atoms with van der Waals surface area (Å²) < 4.78 is 5.51. The molecule has 2 aromatic rings. The van der Waals surface area contributed by atoms with Crippen molar-refractivity contribution >= 4 is 6.08 Å². The monoisotopic (exact) mass is 337 g/mol. The summed E-state index contributed by atoms with van der Waals surface area (Å²) >= 11 is 0. The van der Waals surface area contributed by atoms with Crippen molar-refractivity contribution in [2.75, 3.05) is 19.7 Å². The molecule has 1 N–H and O–H groups in total. The van der Waals surface area contributed by atoms with Crippen LogP contribution in [0.2, 0.25) is 0 Å². The summed E-state index contributed by atoms with van der Waals surface area (Å²) in [7, 11) is 0. The molecule has 25 heavy (non-hydrogen) atoms. The van der Waals surface area contributed by atoms with E-state index in [0.29, 0.717) is 13.2 Å². The zero-order valence-electron chi connectivity index (χ0n) is 14.8. The standard InChI is InChI=1S/C22H27NO2/c1-3-16-25-22-13-11-21(12-14-22)18-23(17-19(2)24)15-7-10-20-8-5-4-6-9-20/h3-14,19,24H,1,15-18H2,2H3/b10-7+. The third-order valence-corrected chi connectivity index (χ3v) is 3.69. The second-order valence-electron chi connectivity index (χ2n) is 6.10. The van der Waals surface area contributed by atoms with Crippen LogP contribution in [0.5, 0.6) is 5.75 Å². The maximum Gasteiger partial charge on any atom is 0.119 e. The predicted molar refractivity (Wildman–Crippen MR) is 105 cm³/mol. The molecular formula is C22H27NO2. The summed E-state index contributed by atoms with van der Waals surface area (Å²) in [6.07, 6.45) is 5.62. The quantitative estimate of drug-likeness (QED) is 0.661. The number of nitrogens with zero attached hydrogens (tertiary/aromatic N) is 1. The lowest BCUT2D eigenvalue weighted by Crippen LogP contribution is -2.30. The lowest BCUT2D eigenvalue weighted by molar-refractivity contribution is 0.130. The van der Waals surface area contributed by atoms with Crippen LogP contribution in [0.4, 0.5) is 0 Å². The van der Waals surface area contributed by atoms with Crippen LogP contribution >= 0.6 is 0 Å². The Morgan fingerprint density at radius 1 is 1.12 bits per heavy atom. The first kappa shape index (κ1) is 19.0. The third-order valence-electron chi connectivity index (χ3n) is 3.69. The zero-order valence-corrected chi connectivity index (χ0v) is 14.8. The predicted octanol–water partition coefficient (Wildman–Crippen LogP) is 4.15. The van der Waals surface area contributed by atoms with Gasteiger partial charge in [-0.2, -0.15) is 0 Å². The molecule has 0 aromatic heterocycles. The Hall–Kier alpha value is -2.36. The minimum atomic E-state index is -0.361. The minimum absolute atomic E-state index is 0.361. The molecule has 0 amide bonds. The third kappa shape index (κ3) is 7.38. The fourth-order valence-corrected chi connectivity index (χ4v) is 2.58. The first-order valence-electron chi connectivity index (χ1n) is 8.62. The van der Waals surface area contributed by atoms with Gasteiger partial charge in [-0.1, -0.05) is 67.3 Å². The molecule has 3 nitrogen and oxygen atoms in total. The minimum Gasteiger partial charge on any atom is -0.490 e. The molecule has 1 atom stereocenters. The largest absolute Gasteiger partial charge is 0.490 e. The molecule has 0 fully saturated rings. The molecule has 0 aliphatic rings. The average molecular weight is 337 g/mol. The number of benzene rings is 2. The van der Waals surface area contributed by atoms with E-state index < -0.39 is 0 Å². The first-order chi connectivity index (χ1) is 12.2. The van der Waals surface area contributed by atoms with E-state index in [1.54, 1.807) is 6.08 Å². The lowest BCUT2D eigenvalue weighted by Gasteiger charge is -2.22. The summed E-state index contributed by atoms with van der Waals surface area (Å²) in [5, 5.41) is 9.76. The Kier molecular flexibility index (Phi) is 7.96. The van der Waals surface area contributed by atoms with Gasteiger partial charge in [0.2, 0.25) is 0 Å². The van der Waals surface area contributed by atoms with Crippen LogP contribution in [0.3, 0.4) is 0 Å². The van der Waals surface area contributed by atoms with Gasteiger partial charge in [0.15, 0.2) is 0 Å². The SMILES string of the molecule is C=CCOc1ccc(CN(C/C=C/c2ccccc2)CC(C)O)cc1. The molecule has 0 saturated carbocycles. The molecule has 0 spiro atoms. The van der Waals surface area contributed by atoms with Gasteiger partial charge in [0.1, 0.15) is 12.4 Å². The van der Waals surface area contributed by atoms with E-state index >= 15 is 0 Å². The van der Waals surface area contributed by atoms with Crippen molar-refractivity contribution in [1.29, 1.82) is 0 Å². The summed E-state index contributed by atoms with van der Waals surface area (Å²) in [6.45, 7) is 8.18. The Morgan fingerprint density at radius 2 is 1.84 bits per heavy atom. The molecule has 0 radical (unpaired) electrons. The van der Waals surface area contributed by atoms with E-state index in [4.69, 9.17) is 4.74 Å². The smallest absolute Gasteiger partial charge is 0.119 e. The van der Waals surface area contributed by atoms with Gasteiger partial charge >= 0.3 is 0 Å². The first-order valence-corrected chi connectivity index (χ1v) is 8.62. The van der Waals surface area contributed by atoms with Crippen LogP contribution in [0.15, 0.2) is 73.3 Å². The van der Waals surface area contributed by atoms with Gasteiger partial charge in [-0.3, -0.25) is 4.90 Å². The number of aliphatic hydroxyl groups is 1. The van der Waals surface area contributed by atoms with Crippen LogP contribution < -0.4 is 4.74 Å². The number of hydrogen-bond donors (Lipinski definition) is 1. The Morgan fingerprint density at radius 3 is 2.48 bits per heavy atom. The van der Waals surface area contributed by atoms with Gasteiger partial charge in [0.05, 0.1) is 6.10 Å². The van der Waals surface area contributed by atoms with E-state index in [1.807, 2.05) is 37.3 Å². The van der Waals surface area contributed by atoms with E-state index in [2.05, 4.69) is 47.9 Å². The highest BCUT2D eigenvalue weighted by Crippen LogP contribution is 2.14. The summed E-state index contributed by atoms with van der Waals surface area (Å²) in [4.78, 5) is 2.23. The molecule has 2 rings (SSSR count). The van der Waals surface area contributed by atoms with Gasteiger partial charge in [-0.05, 0) is 30.2 Å². The van der Waals surface area contributed by atoms with Gasteiger partial charge in [-0.25, -0.2) is 0 Å². The summed E-state index contributed by atoms with van der Waals surface area (Å²) in [6, 6.07) is 18.3. The van der Waals surface area contributed by atoms with E-state index in [-0.39, 0.29) is 6.10 Å². The normalized spacial score (nSPS) is 12.4. The van der Waals surface area contributed by atoms with Gasteiger partial charge in [0, 0.05) is 19.6 Å². The fourth-order valence-electron chi connectivity index (χ4n) is 2.58. The number of rotatable bonds is 10. The molecular weight excluding hydrogens is 310 g/mol. The van der Waals surface area contributed by atoms with Crippen LogP contribution in [-0.4, -0.2) is 35.8 Å². The molecule has 0 aliphatic carbocycles. The maximum absolute atomic E-state index is 9.76. The number of hydrogen-bond acceptors (Lipinski definition) is 3. The lowest BCUT2D eigenvalue weighted by atomic mass is 10.2. The topological polar surface area (TPSA) is 32.7 Å². The highest BCUT2D eigenvalue weighted by Gasteiger charge is 2.08. The van der Waals surface area contributed by atoms with E-state index in [0.717, 1.165) is 18.8 Å². The molecule has 3 heteroatoms. The van der Waals surface area contributed by atoms with Gasteiger partial charge < -0.3 is 9.84 Å². The van der Waals surface area contributed by atoms with Crippen molar-refractivity contribution in [3.8, 4) is 5.75 Å². The van der Waals surface area contributed by atoms with Crippen LogP contribution in [0.25, 0.3) is 6.08 Å². The number of ether oxygens (including phenoxy) is 1. The van der Waals surface area contributed by atoms with E-state index in [9.17, 15) is 5.11 Å². The maximum atomic E-state index is 9.76. The van der Waals surface area contributed by atoms with Crippen molar-refractivity contribution in [3.05, 3.63) is 84.5 Å². The zero-order chi connectivity index (χ0) is 17.9. The van der Waals surface area contributed by atoms with Crippen LogP contribution in [-0.2, 0) is 6.54 Å². The molecule has 0 heterocycles. The number of aliphatic hydroxyl groups excluding tert-OH is 1. The van der Waals surface area contributed by atoms with Crippen LogP contribution in [0.1, 0.15) is 18.1 Å². The molecule has 132 valence electrons. The van der Waals surface area contributed by atoms with Crippen molar-refractivity contribution in [1.82, 2.24) is 4.90 Å². The summed E-state index contributed by atoms with van der Waals surface area (Å²) in [5.41, 5.74) is 2.38. The van der Waals surface area contributed by atoms with Crippen LogP contribution in [0, 0.1) is 0 Å². The molecule has 2 aromatic carbocycles. The van der Waals surface area contributed by atoms with Crippen molar-refractivity contribution in [3.63, 3.8) is 0 Å². The fraction of sp³-hybridized carbons (Fsp3) is 0.273. The molecule has 0 saturated heterocycles. The summed E-state index contributed by atoms with van der Waals surface area (Å²) in [5.74, 6) is 0.842. The van der Waals surface area contributed by atoms with Crippen molar-refractivity contribution in [2.45, 2.75) is 19.6 Å². The molecule has 0 aliphatic heterocycles. The highest BCUT2D eigenvalue weighted by atomic mass is 16.5. The van der Waals surface area contributed by atoms with Crippen molar-refractivity contribution < 1.29 is 9.84 Å². The second kappa shape index (κ2) is 10.5. The average Bonchev–Trinajstić information content (AvgIpc) is 2.61. The molecule has 0 bridgehead atoms. The van der Waals surface area contributed by atoms with E-state index in [1.165, 1.54) is 11.1 Å².